The van der Waals surface area contributed by atoms with Gasteiger partial charge in [-0.15, -0.1) is 0 Å². The van der Waals surface area contributed by atoms with E-state index < -0.39 is 0 Å². The number of nitrogens with zero attached hydrogens (tertiary/aromatic N) is 2. The first kappa shape index (κ1) is 18.3. The lowest BCUT2D eigenvalue weighted by Gasteiger charge is -2.18. The van der Waals surface area contributed by atoms with Crippen LogP contribution in [0.5, 0.6) is 11.5 Å². The number of benzene rings is 1. The molecular formula is C20H27ClN2O2. The maximum atomic E-state index is 6.38. The van der Waals surface area contributed by atoms with E-state index in [1.54, 1.807) is 7.11 Å². The van der Waals surface area contributed by atoms with Crippen molar-refractivity contribution >= 4 is 22.5 Å². The number of rotatable bonds is 8. The van der Waals surface area contributed by atoms with Gasteiger partial charge in [0.1, 0.15) is 5.15 Å². The fourth-order valence-corrected chi connectivity index (χ4v) is 3.91. The Kier molecular flexibility index (Phi) is 6.02. The molecule has 0 radical (unpaired) electrons. The smallest absolute Gasteiger partial charge is 0.163 e. The Morgan fingerprint density at radius 1 is 1.12 bits per heavy atom. The van der Waals surface area contributed by atoms with E-state index in [1.165, 1.54) is 11.1 Å². The largest absolute Gasteiger partial charge is 0.493 e. The molecule has 0 bridgehead atoms. The molecule has 0 atom stereocenters. The van der Waals surface area contributed by atoms with Crippen molar-refractivity contribution < 1.29 is 9.47 Å². The zero-order valence-electron chi connectivity index (χ0n) is 15.4. The first-order valence-corrected chi connectivity index (χ1v) is 9.59. The minimum atomic E-state index is 0.637. The molecule has 2 aromatic rings. The third-order valence-electron chi connectivity index (χ3n) is 5.06. The van der Waals surface area contributed by atoms with Gasteiger partial charge in [0.15, 0.2) is 11.5 Å². The summed E-state index contributed by atoms with van der Waals surface area (Å²) in [5.41, 5.74) is 3.41. The summed E-state index contributed by atoms with van der Waals surface area (Å²) in [6.07, 6.45) is 4.20. The van der Waals surface area contributed by atoms with Crippen LogP contribution in [0.15, 0.2) is 12.1 Å². The molecule has 0 unspecified atom stereocenters. The van der Waals surface area contributed by atoms with Crippen LogP contribution in [-0.2, 0) is 12.8 Å². The second-order valence-corrected chi connectivity index (χ2v) is 6.82. The van der Waals surface area contributed by atoms with Gasteiger partial charge in [0.25, 0.3) is 0 Å². The molecule has 136 valence electrons. The van der Waals surface area contributed by atoms with Crippen LogP contribution in [-0.4, -0.2) is 43.2 Å². The molecule has 0 amide bonds. The minimum absolute atomic E-state index is 0.637. The molecule has 3 rings (SSSR count). The molecule has 1 heterocycles. The third kappa shape index (κ3) is 3.85. The third-order valence-corrected chi connectivity index (χ3v) is 5.38. The average Bonchev–Trinajstić information content (AvgIpc) is 3.12. The summed E-state index contributed by atoms with van der Waals surface area (Å²) in [6.45, 7) is 8.22. The maximum Gasteiger partial charge on any atom is 0.163 e. The molecular weight excluding hydrogens is 336 g/mol. The molecule has 4 nitrogen and oxygen atoms in total. The number of fused-ring (bicyclic) bond motifs is 3. The van der Waals surface area contributed by atoms with E-state index in [2.05, 4.69) is 29.8 Å². The summed E-state index contributed by atoms with van der Waals surface area (Å²) in [6, 6.07) is 4.03. The first-order chi connectivity index (χ1) is 12.2. The first-order valence-electron chi connectivity index (χ1n) is 9.22. The summed E-state index contributed by atoms with van der Waals surface area (Å²) < 4.78 is 11.6. The van der Waals surface area contributed by atoms with Crippen LogP contribution in [0, 0.1) is 0 Å². The van der Waals surface area contributed by atoms with Crippen molar-refractivity contribution in [2.45, 2.75) is 39.5 Å². The van der Waals surface area contributed by atoms with Gasteiger partial charge in [-0.05, 0) is 56.0 Å². The monoisotopic (exact) mass is 362 g/mol. The number of pyridine rings is 1. The molecule has 1 aliphatic rings. The summed E-state index contributed by atoms with van der Waals surface area (Å²) in [7, 11) is 1.69. The van der Waals surface area contributed by atoms with Crippen LogP contribution >= 0.6 is 11.6 Å². The number of aromatic nitrogens is 1. The van der Waals surface area contributed by atoms with Crippen LogP contribution < -0.4 is 9.47 Å². The van der Waals surface area contributed by atoms with E-state index in [9.17, 15) is 0 Å². The van der Waals surface area contributed by atoms with Gasteiger partial charge in [-0.1, -0.05) is 25.4 Å². The number of hydrogen-bond donors (Lipinski definition) is 0. The van der Waals surface area contributed by atoms with Crippen molar-refractivity contribution in [2.75, 3.05) is 33.4 Å². The Morgan fingerprint density at radius 2 is 1.88 bits per heavy atom. The molecule has 0 N–H and O–H groups in total. The van der Waals surface area contributed by atoms with Gasteiger partial charge >= 0.3 is 0 Å². The average molecular weight is 363 g/mol. The number of hydrogen-bond acceptors (Lipinski definition) is 4. The van der Waals surface area contributed by atoms with Crippen molar-refractivity contribution in [1.29, 1.82) is 0 Å². The van der Waals surface area contributed by atoms with E-state index in [4.69, 9.17) is 21.1 Å². The lowest BCUT2D eigenvalue weighted by atomic mass is 10.1. The van der Waals surface area contributed by atoms with E-state index in [-0.39, 0.29) is 0 Å². The van der Waals surface area contributed by atoms with Gasteiger partial charge in [-0.25, -0.2) is 4.98 Å². The summed E-state index contributed by atoms with van der Waals surface area (Å²) in [5, 5.41) is 1.78. The molecule has 1 aromatic carbocycles. The van der Waals surface area contributed by atoms with Gasteiger partial charge in [-0.3, -0.25) is 0 Å². The summed E-state index contributed by atoms with van der Waals surface area (Å²) >= 11 is 6.38. The molecule has 0 saturated carbocycles. The predicted octanol–water partition coefficient (Wildman–Crippen LogP) is 4.50. The highest BCUT2D eigenvalue weighted by atomic mass is 35.5. The van der Waals surface area contributed by atoms with Crippen LogP contribution in [0.2, 0.25) is 5.15 Å². The Balaban J connectivity index is 1.80. The number of aryl methyl sites for hydroxylation is 1. The van der Waals surface area contributed by atoms with E-state index in [0.717, 1.165) is 67.7 Å². The van der Waals surface area contributed by atoms with Crippen molar-refractivity contribution in [3.8, 4) is 11.5 Å². The van der Waals surface area contributed by atoms with Crippen molar-refractivity contribution in [3.05, 3.63) is 28.4 Å². The Hall–Kier alpha value is -1.52. The normalized spacial score (nSPS) is 13.5. The minimum Gasteiger partial charge on any atom is -0.493 e. The van der Waals surface area contributed by atoms with Crippen molar-refractivity contribution in [3.63, 3.8) is 0 Å². The van der Waals surface area contributed by atoms with Gasteiger partial charge in [0.05, 0.1) is 19.2 Å². The van der Waals surface area contributed by atoms with E-state index in [1.807, 2.05) is 6.07 Å². The molecule has 0 aliphatic heterocycles. The van der Waals surface area contributed by atoms with Gasteiger partial charge < -0.3 is 14.4 Å². The lowest BCUT2D eigenvalue weighted by molar-refractivity contribution is 0.243. The van der Waals surface area contributed by atoms with Crippen LogP contribution in [0.1, 0.15) is 37.8 Å². The highest BCUT2D eigenvalue weighted by Crippen LogP contribution is 2.38. The molecule has 0 fully saturated rings. The van der Waals surface area contributed by atoms with Gasteiger partial charge in [0, 0.05) is 18.0 Å². The molecule has 0 saturated heterocycles. The Labute approximate surface area is 155 Å². The Bertz CT molecular complexity index is 744. The second-order valence-electron chi connectivity index (χ2n) is 6.46. The topological polar surface area (TPSA) is 34.6 Å². The Morgan fingerprint density at radius 3 is 2.60 bits per heavy atom. The number of halogens is 1. The molecule has 1 aliphatic carbocycles. The standard InChI is InChI=1S/C20H27ClN2O2/c1-4-23(5-2)10-7-11-25-19-13-17-16(12-18(19)24-3)14-8-6-9-15(14)20(21)22-17/h12-13H,4-11H2,1-3H3. The fraction of sp³-hybridized carbons (Fsp3) is 0.550. The van der Waals surface area contributed by atoms with Crippen LogP contribution in [0.4, 0.5) is 0 Å². The van der Waals surface area contributed by atoms with E-state index in [0.29, 0.717) is 11.8 Å². The highest BCUT2D eigenvalue weighted by molar-refractivity contribution is 6.30. The maximum absolute atomic E-state index is 6.38. The second kappa shape index (κ2) is 8.24. The van der Waals surface area contributed by atoms with Crippen LogP contribution in [0.3, 0.4) is 0 Å². The van der Waals surface area contributed by atoms with E-state index >= 15 is 0 Å². The predicted molar refractivity (Wildman–Crippen MR) is 103 cm³/mol. The fourth-order valence-electron chi connectivity index (χ4n) is 3.61. The highest BCUT2D eigenvalue weighted by Gasteiger charge is 2.20. The van der Waals surface area contributed by atoms with Crippen LogP contribution in [0.25, 0.3) is 10.9 Å². The number of ether oxygens (including phenoxy) is 2. The molecule has 0 spiro atoms. The summed E-state index contributed by atoms with van der Waals surface area (Å²) in [5.74, 6) is 1.52. The lowest BCUT2D eigenvalue weighted by Crippen LogP contribution is -2.25. The quantitative estimate of drug-likeness (QED) is 0.511. The SMILES string of the molecule is CCN(CC)CCCOc1cc2nc(Cl)c3c(c2cc1OC)CCC3. The van der Waals surface area contributed by atoms with Crippen molar-refractivity contribution in [1.82, 2.24) is 9.88 Å². The van der Waals surface area contributed by atoms with Gasteiger partial charge in [-0.2, -0.15) is 0 Å². The zero-order valence-corrected chi connectivity index (χ0v) is 16.2. The van der Waals surface area contributed by atoms with Crippen molar-refractivity contribution in [2.24, 2.45) is 0 Å². The summed E-state index contributed by atoms with van der Waals surface area (Å²) in [4.78, 5) is 6.98. The van der Waals surface area contributed by atoms with Gasteiger partial charge in [0.2, 0.25) is 0 Å². The zero-order chi connectivity index (χ0) is 17.8. The molecule has 1 aromatic heterocycles. The number of methoxy groups -OCH3 is 1. The molecule has 25 heavy (non-hydrogen) atoms. The molecule has 5 heteroatoms.